The minimum Gasteiger partial charge on any atom is -0.385 e. The first kappa shape index (κ1) is 13.1. The van der Waals surface area contributed by atoms with Gasteiger partial charge in [-0.1, -0.05) is 31.9 Å². The molecular formula is C15H21N5. The molecule has 1 aromatic carbocycles. The second-order valence-corrected chi connectivity index (χ2v) is 5.82. The molecule has 1 fully saturated rings. The molecule has 0 amide bonds. The minimum absolute atomic E-state index is 0.639. The molecule has 1 saturated carbocycles. The molecule has 2 N–H and O–H groups in total. The molecule has 5 nitrogen and oxygen atoms in total. The Morgan fingerprint density at radius 3 is 2.85 bits per heavy atom. The second kappa shape index (κ2) is 6.03. The predicted octanol–water partition coefficient (Wildman–Crippen LogP) is 3.10. The Bertz CT molecular complexity index is 529. The number of tetrazole rings is 1. The molecule has 1 aliphatic carbocycles. The lowest BCUT2D eigenvalue weighted by atomic mass is 9.83. The van der Waals surface area contributed by atoms with E-state index < -0.39 is 0 Å². The largest absolute Gasteiger partial charge is 0.385 e. The van der Waals surface area contributed by atoms with E-state index in [1.54, 1.807) is 0 Å². The van der Waals surface area contributed by atoms with Gasteiger partial charge in [-0.05, 0) is 42.0 Å². The zero-order valence-corrected chi connectivity index (χ0v) is 11.8. The summed E-state index contributed by atoms with van der Waals surface area (Å²) in [6.07, 6.45) is 5.43. The zero-order chi connectivity index (χ0) is 13.8. The van der Waals surface area contributed by atoms with Gasteiger partial charge in [0.1, 0.15) is 0 Å². The Morgan fingerprint density at radius 2 is 2.10 bits per heavy atom. The molecule has 20 heavy (non-hydrogen) atoms. The average molecular weight is 271 g/mol. The summed E-state index contributed by atoms with van der Waals surface area (Å²) in [7, 11) is 0. The smallest absolute Gasteiger partial charge is 0.204 e. The van der Waals surface area contributed by atoms with Crippen molar-refractivity contribution in [2.45, 2.75) is 32.6 Å². The number of hydrogen-bond acceptors (Lipinski definition) is 4. The van der Waals surface area contributed by atoms with Crippen molar-refractivity contribution in [2.24, 2.45) is 11.8 Å². The quantitative estimate of drug-likeness (QED) is 0.896. The maximum Gasteiger partial charge on any atom is 0.204 e. The van der Waals surface area contributed by atoms with E-state index >= 15 is 0 Å². The van der Waals surface area contributed by atoms with E-state index in [1.165, 1.54) is 25.7 Å². The standard InChI is InChI=1S/C15H21N5/c1-11-5-7-12(8-6-11)10-16-14-4-2-3-13(9-14)15-17-19-20-18-15/h2-4,9,11-12,16H,5-8,10H2,1H3,(H,17,18,19,20). The van der Waals surface area contributed by atoms with Gasteiger partial charge in [-0.15, -0.1) is 10.2 Å². The molecule has 0 atom stereocenters. The number of hydrogen-bond donors (Lipinski definition) is 2. The van der Waals surface area contributed by atoms with Gasteiger partial charge in [0, 0.05) is 17.8 Å². The third-order valence-corrected chi connectivity index (χ3v) is 4.20. The van der Waals surface area contributed by atoms with E-state index in [0.717, 1.165) is 29.6 Å². The highest BCUT2D eigenvalue weighted by molar-refractivity contribution is 5.61. The monoisotopic (exact) mass is 271 g/mol. The van der Waals surface area contributed by atoms with Gasteiger partial charge in [-0.3, -0.25) is 0 Å². The van der Waals surface area contributed by atoms with E-state index in [9.17, 15) is 0 Å². The van der Waals surface area contributed by atoms with E-state index in [1.807, 2.05) is 12.1 Å². The number of nitrogens with one attached hydrogen (secondary N) is 2. The molecule has 0 unspecified atom stereocenters. The topological polar surface area (TPSA) is 66.5 Å². The normalized spacial score (nSPS) is 22.6. The summed E-state index contributed by atoms with van der Waals surface area (Å²) in [5.74, 6) is 2.35. The van der Waals surface area contributed by atoms with Crippen molar-refractivity contribution in [2.75, 3.05) is 11.9 Å². The van der Waals surface area contributed by atoms with E-state index in [0.29, 0.717) is 5.82 Å². The Hall–Kier alpha value is -1.91. The first-order valence-electron chi connectivity index (χ1n) is 7.39. The molecule has 0 radical (unpaired) electrons. The van der Waals surface area contributed by atoms with Gasteiger partial charge < -0.3 is 5.32 Å². The number of benzene rings is 1. The van der Waals surface area contributed by atoms with Crippen LogP contribution < -0.4 is 5.32 Å². The summed E-state index contributed by atoms with van der Waals surface area (Å²) < 4.78 is 0. The van der Waals surface area contributed by atoms with Gasteiger partial charge in [0.15, 0.2) is 0 Å². The van der Waals surface area contributed by atoms with Crippen LogP contribution in [0.25, 0.3) is 11.4 Å². The first-order valence-corrected chi connectivity index (χ1v) is 7.39. The lowest BCUT2D eigenvalue weighted by Gasteiger charge is -2.26. The summed E-state index contributed by atoms with van der Waals surface area (Å²) in [5.41, 5.74) is 2.12. The van der Waals surface area contributed by atoms with Gasteiger partial charge in [0.05, 0.1) is 0 Å². The van der Waals surface area contributed by atoms with Gasteiger partial charge in [-0.25, -0.2) is 0 Å². The van der Waals surface area contributed by atoms with Crippen LogP contribution in [0.15, 0.2) is 24.3 Å². The third-order valence-electron chi connectivity index (χ3n) is 4.20. The molecule has 1 aromatic heterocycles. The zero-order valence-electron chi connectivity index (χ0n) is 11.8. The number of H-pyrrole nitrogens is 1. The lowest BCUT2D eigenvalue weighted by Crippen LogP contribution is -2.20. The van der Waals surface area contributed by atoms with Crippen molar-refractivity contribution in [3.05, 3.63) is 24.3 Å². The SMILES string of the molecule is CC1CCC(CNc2cccc(-c3nn[nH]n3)c2)CC1. The van der Waals surface area contributed by atoms with Crippen LogP contribution >= 0.6 is 0 Å². The first-order chi connectivity index (χ1) is 9.81. The minimum atomic E-state index is 0.639. The fourth-order valence-corrected chi connectivity index (χ4v) is 2.85. The lowest BCUT2D eigenvalue weighted by molar-refractivity contribution is 0.300. The van der Waals surface area contributed by atoms with Crippen LogP contribution in [-0.2, 0) is 0 Å². The van der Waals surface area contributed by atoms with Crippen LogP contribution in [-0.4, -0.2) is 27.2 Å². The fourth-order valence-electron chi connectivity index (χ4n) is 2.85. The average Bonchev–Trinajstić information content (AvgIpc) is 3.01. The van der Waals surface area contributed by atoms with Crippen molar-refractivity contribution < 1.29 is 0 Å². The number of anilines is 1. The Labute approximate surface area is 119 Å². The van der Waals surface area contributed by atoms with Gasteiger partial charge >= 0.3 is 0 Å². The van der Waals surface area contributed by atoms with Crippen LogP contribution in [0.2, 0.25) is 0 Å². The molecule has 0 saturated heterocycles. The van der Waals surface area contributed by atoms with Crippen LogP contribution in [0.4, 0.5) is 5.69 Å². The van der Waals surface area contributed by atoms with Crippen molar-refractivity contribution >= 4 is 5.69 Å². The number of aromatic nitrogens is 4. The maximum atomic E-state index is 4.01. The molecule has 0 bridgehead atoms. The van der Waals surface area contributed by atoms with Gasteiger partial charge in [-0.2, -0.15) is 5.21 Å². The highest BCUT2D eigenvalue weighted by Gasteiger charge is 2.17. The molecule has 0 aliphatic heterocycles. The highest BCUT2D eigenvalue weighted by Crippen LogP contribution is 2.28. The summed E-state index contributed by atoms with van der Waals surface area (Å²) in [4.78, 5) is 0. The Morgan fingerprint density at radius 1 is 1.25 bits per heavy atom. The second-order valence-electron chi connectivity index (χ2n) is 5.82. The van der Waals surface area contributed by atoms with E-state index in [4.69, 9.17) is 0 Å². The van der Waals surface area contributed by atoms with Gasteiger partial charge in [0.25, 0.3) is 0 Å². The van der Waals surface area contributed by atoms with Crippen LogP contribution in [0.3, 0.4) is 0 Å². The maximum absolute atomic E-state index is 4.01. The molecule has 1 heterocycles. The summed E-state index contributed by atoms with van der Waals surface area (Å²) in [6.45, 7) is 3.42. The van der Waals surface area contributed by atoms with Crippen molar-refractivity contribution in [1.29, 1.82) is 0 Å². The Balaban J connectivity index is 1.59. The number of rotatable bonds is 4. The fraction of sp³-hybridized carbons (Fsp3) is 0.533. The van der Waals surface area contributed by atoms with Crippen LogP contribution in [0, 0.1) is 11.8 Å². The molecule has 2 aromatic rings. The summed E-state index contributed by atoms with van der Waals surface area (Å²) >= 11 is 0. The van der Waals surface area contributed by atoms with Crippen molar-refractivity contribution in [3.63, 3.8) is 0 Å². The van der Waals surface area contributed by atoms with Crippen molar-refractivity contribution in [1.82, 2.24) is 20.6 Å². The molecule has 0 spiro atoms. The third kappa shape index (κ3) is 3.15. The highest BCUT2D eigenvalue weighted by atomic mass is 15.5. The molecular weight excluding hydrogens is 250 g/mol. The molecule has 5 heteroatoms. The number of nitrogens with zero attached hydrogens (tertiary/aromatic N) is 3. The van der Waals surface area contributed by atoms with E-state index in [2.05, 4.69) is 45.0 Å². The number of aromatic amines is 1. The predicted molar refractivity (Wildman–Crippen MR) is 79.2 cm³/mol. The van der Waals surface area contributed by atoms with E-state index in [-0.39, 0.29) is 0 Å². The molecule has 3 rings (SSSR count). The van der Waals surface area contributed by atoms with Crippen LogP contribution in [0.1, 0.15) is 32.6 Å². The summed E-state index contributed by atoms with van der Waals surface area (Å²) in [6, 6.07) is 8.20. The molecule has 106 valence electrons. The van der Waals surface area contributed by atoms with Crippen LogP contribution in [0.5, 0.6) is 0 Å². The summed E-state index contributed by atoms with van der Waals surface area (Å²) in [5, 5.41) is 17.6. The van der Waals surface area contributed by atoms with Crippen molar-refractivity contribution in [3.8, 4) is 11.4 Å². The van der Waals surface area contributed by atoms with Gasteiger partial charge in [0.2, 0.25) is 5.82 Å². The molecule has 1 aliphatic rings. The Kier molecular flexibility index (Phi) is 3.95.